The number of hydrogen-bond donors (Lipinski definition) is 3. The Morgan fingerprint density at radius 2 is 0.850 bits per heavy atom. The normalized spacial score (nSPS) is 26.7. The smallest absolute Gasteiger partial charge is 0.335 e. The molecular weight excluding hydrogens is 425 g/mol. The van der Waals surface area contributed by atoms with Gasteiger partial charge in [-0.25, -0.2) is 14.4 Å². The molecule has 0 aromatic heterocycles. The van der Waals surface area contributed by atoms with E-state index >= 15 is 0 Å². The number of epoxide rings is 3. The first-order valence-electron chi connectivity index (χ1n) is 4.95. The minimum atomic E-state index is -0.852. The van der Waals surface area contributed by atoms with E-state index in [1.807, 2.05) is 0 Å². The van der Waals surface area contributed by atoms with E-state index in [0.29, 0.717) is 19.8 Å². The van der Waals surface area contributed by atoms with Gasteiger partial charge in [0, 0.05) is 41.9 Å². The van der Waals surface area contributed by atoms with Crippen LogP contribution in [-0.4, -0.2) is 71.4 Å². The third kappa shape index (κ3) is 11.5. The number of carboxylic acid groups (broad SMARTS) is 3. The van der Waals surface area contributed by atoms with Crippen LogP contribution in [-0.2, 0) is 70.5 Å². The third-order valence-corrected chi connectivity index (χ3v) is 1.83. The zero-order chi connectivity index (χ0) is 13.7. The van der Waals surface area contributed by atoms with Crippen molar-refractivity contribution >= 4 is 17.9 Å². The quantitative estimate of drug-likeness (QED) is 0.351. The van der Waals surface area contributed by atoms with E-state index in [9.17, 15) is 14.4 Å². The van der Waals surface area contributed by atoms with E-state index in [1.165, 1.54) is 0 Å². The van der Waals surface area contributed by atoms with Gasteiger partial charge >= 0.3 is 17.9 Å². The van der Waals surface area contributed by atoms with Crippen molar-refractivity contribution in [2.75, 3.05) is 19.8 Å². The molecule has 0 saturated carbocycles. The molecule has 0 aromatic carbocycles. The molecule has 0 bridgehead atoms. The molecule has 3 fully saturated rings. The molecule has 0 amide bonds. The van der Waals surface area contributed by atoms with E-state index in [4.69, 9.17) is 15.3 Å². The largest absolute Gasteiger partial charge is 0.479 e. The van der Waals surface area contributed by atoms with Gasteiger partial charge in [0.1, 0.15) is 0 Å². The second-order valence-electron chi connectivity index (χ2n) is 3.48. The van der Waals surface area contributed by atoms with Gasteiger partial charge in [-0.05, 0) is 0 Å². The molecule has 3 atom stereocenters. The monoisotopic (exact) mass is 435 g/mol. The molecule has 0 aliphatic carbocycles. The Morgan fingerprint density at radius 3 is 0.850 bits per heavy atom. The summed E-state index contributed by atoms with van der Waals surface area (Å²) in [5.41, 5.74) is 0. The SMILES string of the molecule is O=C(O)C1CO1.O=C(O)C1CO1.O=C(O)C1CO1.[Ag].[Zn]. The molecule has 3 unspecified atom stereocenters. The van der Waals surface area contributed by atoms with E-state index in [1.54, 1.807) is 0 Å². The Morgan fingerprint density at radius 1 is 0.700 bits per heavy atom. The molecule has 0 spiro atoms. The van der Waals surface area contributed by atoms with E-state index in [0.717, 1.165) is 0 Å². The fourth-order valence-electron chi connectivity index (χ4n) is 0.572. The zero-order valence-corrected chi connectivity index (χ0v) is 14.6. The fraction of sp³-hybridized carbons (Fsp3) is 0.667. The maximum atomic E-state index is 9.64. The van der Waals surface area contributed by atoms with Crippen molar-refractivity contribution in [3.05, 3.63) is 0 Å². The topological polar surface area (TPSA) is 149 Å². The van der Waals surface area contributed by atoms with Crippen LogP contribution in [0.15, 0.2) is 0 Å². The number of carboxylic acids is 3. The second kappa shape index (κ2) is 10.4. The number of rotatable bonds is 3. The second-order valence-corrected chi connectivity index (χ2v) is 3.48. The summed E-state index contributed by atoms with van der Waals surface area (Å²) < 4.78 is 13.1. The summed E-state index contributed by atoms with van der Waals surface area (Å²) in [5.74, 6) is -2.56. The summed E-state index contributed by atoms with van der Waals surface area (Å²) in [7, 11) is 0. The van der Waals surface area contributed by atoms with Gasteiger partial charge in [-0.3, -0.25) is 0 Å². The van der Waals surface area contributed by atoms with Gasteiger partial charge in [0.15, 0.2) is 18.3 Å². The van der Waals surface area contributed by atoms with Crippen LogP contribution in [0.4, 0.5) is 0 Å². The summed E-state index contributed by atoms with van der Waals surface area (Å²) in [6, 6.07) is 0. The van der Waals surface area contributed by atoms with Crippen LogP contribution in [0, 0.1) is 0 Å². The average molecular weight is 437 g/mol. The maximum absolute atomic E-state index is 9.64. The standard InChI is InChI=1S/3C3H4O3.Ag.Zn/c3*4-3(5)2-1-6-2;;/h3*2H,1H2,(H,4,5);;. The van der Waals surface area contributed by atoms with Gasteiger partial charge in [0.2, 0.25) is 0 Å². The summed E-state index contributed by atoms with van der Waals surface area (Å²) in [6.45, 7) is 1.19. The minimum Gasteiger partial charge on any atom is -0.479 e. The molecule has 11 heteroatoms. The van der Waals surface area contributed by atoms with Crippen LogP contribution in [0.25, 0.3) is 0 Å². The Labute approximate surface area is 141 Å². The number of aliphatic carboxylic acids is 3. The first-order valence-corrected chi connectivity index (χ1v) is 4.95. The summed E-state index contributed by atoms with van der Waals surface area (Å²) in [6.07, 6.45) is -1.44. The van der Waals surface area contributed by atoms with E-state index in [2.05, 4.69) is 14.2 Å². The van der Waals surface area contributed by atoms with Crippen LogP contribution in [0.2, 0.25) is 0 Å². The van der Waals surface area contributed by atoms with Gasteiger partial charge in [-0.1, -0.05) is 0 Å². The molecule has 115 valence electrons. The number of carbonyl (C=O) groups is 3. The fourth-order valence-corrected chi connectivity index (χ4v) is 0.572. The van der Waals surface area contributed by atoms with Gasteiger partial charge < -0.3 is 29.5 Å². The van der Waals surface area contributed by atoms with Crippen LogP contribution in [0.5, 0.6) is 0 Å². The Hall–Kier alpha value is -0.346. The van der Waals surface area contributed by atoms with Crippen LogP contribution in [0.3, 0.4) is 0 Å². The van der Waals surface area contributed by atoms with Crippen molar-refractivity contribution < 1.29 is 85.8 Å². The van der Waals surface area contributed by atoms with Gasteiger partial charge in [0.05, 0.1) is 19.8 Å². The average Bonchev–Trinajstić information content (AvgIpc) is 3.22. The molecule has 9 nitrogen and oxygen atoms in total. The van der Waals surface area contributed by atoms with Gasteiger partial charge in [0.25, 0.3) is 0 Å². The van der Waals surface area contributed by atoms with Crippen LogP contribution < -0.4 is 0 Å². The molecule has 3 N–H and O–H groups in total. The van der Waals surface area contributed by atoms with Crippen molar-refractivity contribution in [1.29, 1.82) is 0 Å². The molecule has 3 rings (SSSR count). The molecule has 3 aliphatic rings. The molecule has 20 heavy (non-hydrogen) atoms. The minimum absolute atomic E-state index is 0. The van der Waals surface area contributed by atoms with Crippen molar-refractivity contribution in [1.82, 2.24) is 0 Å². The number of hydrogen-bond acceptors (Lipinski definition) is 6. The van der Waals surface area contributed by atoms with Crippen molar-refractivity contribution in [2.45, 2.75) is 18.3 Å². The van der Waals surface area contributed by atoms with Crippen molar-refractivity contribution in [3.63, 3.8) is 0 Å². The predicted molar refractivity (Wildman–Crippen MR) is 52.1 cm³/mol. The van der Waals surface area contributed by atoms with E-state index in [-0.39, 0.29) is 41.9 Å². The van der Waals surface area contributed by atoms with Crippen LogP contribution >= 0.6 is 0 Å². The summed E-state index contributed by atoms with van der Waals surface area (Å²) in [4.78, 5) is 28.9. The molecule has 3 aliphatic heterocycles. The predicted octanol–water partition coefficient (Wildman–Crippen LogP) is -1.60. The molecular formula is C9H12AgO9Zn. The molecule has 1 radical (unpaired) electrons. The Bertz CT molecular complexity index is 286. The zero-order valence-electron chi connectivity index (χ0n) is 10.2. The molecule has 0 aromatic rings. The van der Waals surface area contributed by atoms with Crippen molar-refractivity contribution in [2.24, 2.45) is 0 Å². The Kier molecular flexibility index (Phi) is 11.4. The third-order valence-electron chi connectivity index (χ3n) is 1.83. The number of ether oxygens (including phenoxy) is 3. The van der Waals surface area contributed by atoms with Gasteiger partial charge in [-0.15, -0.1) is 0 Å². The molecule has 3 saturated heterocycles. The summed E-state index contributed by atoms with van der Waals surface area (Å²) in [5, 5.41) is 23.8. The maximum Gasteiger partial charge on any atom is 0.335 e. The van der Waals surface area contributed by atoms with Crippen LogP contribution in [0.1, 0.15) is 0 Å². The Balaban J connectivity index is 0. The summed E-state index contributed by atoms with van der Waals surface area (Å²) >= 11 is 0. The molecule has 3 heterocycles. The first kappa shape index (κ1) is 21.9. The van der Waals surface area contributed by atoms with Crippen molar-refractivity contribution in [3.8, 4) is 0 Å². The van der Waals surface area contributed by atoms with E-state index < -0.39 is 36.2 Å². The first-order chi connectivity index (χ1) is 8.41. The van der Waals surface area contributed by atoms with Gasteiger partial charge in [-0.2, -0.15) is 0 Å².